The largest absolute Gasteiger partial charge is 0.493 e. The van der Waals surface area contributed by atoms with Crippen molar-refractivity contribution in [2.24, 2.45) is 5.92 Å². The minimum absolute atomic E-state index is 0.269. The van der Waals surface area contributed by atoms with Crippen LogP contribution in [0, 0.1) is 5.92 Å². The van der Waals surface area contributed by atoms with Gasteiger partial charge in [-0.3, -0.25) is 0 Å². The summed E-state index contributed by atoms with van der Waals surface area (Å²) in [4.78, 5) is 0. The van der Waals surface area contributed by atoms with Gasteiger partial charge in [0.1, 0.15) is 5.75 Å². The molecular weight excluding hydrogens is 284 g/mol. The van der Waals surface area contributed by atoms with Gasteiger partial charge in [-0.15, -0.1) is 0 Å². The third-order valence-electron chi connectivity index (χ3n) is 4.95. The predicted molar refractivity (Wildman–Crippen MR) is 86.2 cm³/mol. The standard InChI is InChI=1S/C18H25ClO2/c19-16-10-14-8-9-21-18(14)15(11-16)12-17(20)13-6-4-2-1-3-5-7-13/h10-11,13,17,20H,1-9,12H2. The number of halogens is 1. The molecule has 3 heteroatoms. The molecule has 2 aliphatic rings. The average Bonchev–Trinajstić information content (AvgIpc) is 2.86. The fourth-order valence-corrected chi connectivity index (χ4v) is 4.03. The molecule has 1 N–H and O–H groups in total. The Morgan fingerprint density at radius 2 is 1.86 bits per heavy atom. The Morgan fingerprint density at radius 1 is 1.14 bits per heavy atom. The van der Waals surface area contributed by atoms with Crippen LogP contribution in [0.25, 0.3) is 0 Å². The summed E-state index contributed by atoms with van der Waals surface area (Å²) in [5.74, 6) is 1.41. The summed E-state index contributed by atoms with van der Waals surface area (Å²) in [6, 6.07) is 3.97. The van der Waals surface area contributed by atoms with Crippen molar-refractivity contribution in [3.8, 4) is 5.75 Å². The molecule has 116 valence electrons. The van der Waals surface area contributed by atoms with E-state index in [1.165, 1.54) is 37.7 Å². The lowest BCUT2D eigenvalue weighted by Crippen LogP contribution is -2.24. The number of aliphatic hydroxyl groups is 1. The van der Waals surface area contributed by atoms with E-state index in [9.17, 15) is 5.11 Å². The van der Waals surface area contributed by atoms with Crippen molar-refractivity contribution in [2.75, 3.05) is 6.61 Å². The number of rotatable bonds is 3. The molecule has 0 spiro atoms. The lowest BCUT2D eigenvalue weighted by Gasteiger charge is -2.25. The molecule has 1 aliphatic heterocycles. The highest BCUT2D eigenvalue weighted by Gasteiger charge is 2.24. The lowest BCUT2D eigenvalue weighted by molar-refractivity contribution is 0.0907. The Morgan fingerprint density at radius 3 is 2.62 bits per heavy atom. The van der Waals surface area contributed by atoms with E-state index in [1.807, 2.05) is 12.1 Å². The van der Waals surface area contributed by atoms with E-state index in [1.54, 1.807) is 0 Å². The molecule has 1 aromatic rings. The quantitative estimate of drug-likeness (QED) is 0.888. The molecule has 1 unspecified atom stereocenters. The van der Waals surface area contributed by atoms with Crippen LogP contribution in [0.15, 0.2) is 12.1 Å². The Kier molecular flexibility index (Phi) is 5.07. The first-order valence-corrected chi connectivity index (χ1v) is 8.74. The monoisotopic (exact) mass is 308 g/mol. The van der Waals surface area contributed by atoms with Crippen LogP contribution in [0.5, 0.6) is 5.75 Å². The molecule has 1 aromatic carbocycles. The predicted octanol–water partition coefficient (Wildman–Crippen LogP) is 4.54. The van der Waals surface area contributed by atoms with E-state index in [-0.39, 0.29) is 6.10 Å². The minimum Gasteiger partial charge on any atom is -0.493 e. The molecule has 2 nitrogen and oxygen atoms in total. The highest BCUT2D eigenvalue weighted by atomic mass is 35.5. The highest BCUT2D eigenvalue weighted by Crippen LogP contribution is 2.35. The summed E-state index contributed by atoms with van der Waals surface area (Å²) < 4.78 is 5.75. The van der Waals surface area contributed by atoms with E-state index >= 15 is 0 Å². The summed E-state index contributed by atoms with van der Waals surface area (Å²) >= 11 is 6.21. The topological polar surface area (TPSA) is 29.5 Å². The van der Waals surface area contributed by atoms with Crippen LogP contribution < -0.4 is 4.74 Å². The summed E-state index contributed by atoms with van der Waals surface area (Å²) in [5, 5.41) is 11.4. The highest BCUT2D eigenvalue weighted by molar-refractivity contribution is 6.30. The fourth-order valence-electron chi connectivity index (χ4n) is 3.76. The minimum atomic E-state index is -0.269. The van der Waals surface area contributed by atoms with Crippen LogP contribution in [0.4, 0.5) is 0 Å². The normalized spacial score (nSPS) is 21.2. The lowest BCUT2D eigenvalue weighted by atomic mass is 9.84. The molecule has 0 saturated heterocycles. The zero-order valence-electron chi connectivity index (χ0n) is 12.6. The molecule has 1 aliphatic carbocycles. The molecule has 0 aromatic heterocycles. The van der Waals surface area contributed by atoms with Gasteiger partial charge in [0.15, 0.2) is 0 Å². The van der Waals surface area contributed by atoms with Crippen molar-refractivity contribution in [1.82, 2.24) is 0 Å². The van der Waals surface area contributed by atoms with Gasteiger partial charge in [-0.2, -0.15) is 0 Å². The molecule has 1 saturated carbocycles. The maximum Gasteiger partial charge on any atom is 0.126 e. The number of benzene rings is 1. The number of aliphatic hydroxyl groups excluding tert-OH is 1. The van der Waals surface area contributed by atoms with Crippen molar-refractivity contribution in [3.05, 3.63) is 28.3 Å². The first-order chi connectivity index (χ1) is 10.2. The molecule has 1 fully saturated rings. The van der Waals surface area contributed by atoms with Crippen LogP contribution in [0.2, 0.25) is 5.02 Å². The Balaban J connectivity index is 1.70. The summed E-state index contributed by atoms with van der Waals surface area (Å²) in [6.45, 7) is 0.738. The van der Waals surface area contributed by atoms with Crippen LogP contribution in [-0.4, -0.2) is 17.8 Å². The number of ether oxygens (including phenoxy) is 1. The van der Waals surface area contributed by atoms with Gasteiger partial charge in [0.05, 0.1) is 12.7 Å². The maximum absolute atomic E-state index is 10.7. The average molecular weight is 309 g/mol. The smallest absolute Gasteiger partial charge is 0.126 e. The number of fused-ring (bicyclic) bond motifs is 1. The fraction of sp³-hybridized carbons (Fsp3) is 0.667. The third-order valence-corrected chi connectivity index (χ3v) is 5.17. The van der Waals surface area contributed by atoms with Gasteiger partial charge in [0, 0.05) is 17.9 Å². The Bertz CT molecular complexity index is 478. The molecule has 1 atom stereocenters. The summed E-state index contributed by atoms with van der Waals surface area (Å²) in [5.41, 5.74) is 2.28. The molecule has 0 radical (unpaired) electrons. The van der Waals surface area contributed by atoms with Gasteiger partial charge in [-0.25, -0.2) is 0 Å². The van der Waals surface area contributed by atoms with Crippen molar-refractivity contribution >= 4 is 11.6 Å². The zero-order chi connectivity index (χ0) is 14.7. The van der Waals surface area contributed by atoms with Crippen molar-refractivity contribution in [1.29, 1.82) is 0 Å². The van der Waals surface area contributed by atoms with Crippen molar-refractivity contribution < 1.29 is 9.84 Å². The first kappa shape index (κ1) is 15.2. The summed E-state index contributed by atoms with van der Waals surface area (Å²) in [7, 11) is 0. The van der Waals surface area contributed by atoms with Crippen molar-refractivity contribution in [3.63, 3.8) is 0 Å². The molecule has 3 rings (SSSR count). The second kappa shape index (κ2) is 7.02. The Hall–Kier alpha value is -0.730. The van der Waals surface area contributed by atoms with E-state index in [4.69, 9.17) is 16.3 Å². The van der Waals surface area contributed by atoms with Gasteiger partial charge in [0.2, 0.25) is 0 Å². The second-order valence-corrected chi connectivity index (χ2v) is 6.96. The molecular formula is C18H25ClO2. The van der Waals surface area contributed by atoms with Gasteiger partial charge < -0.3 is 9.84 Å². The van der Waals surface area contributed by atoms with E-state index < -0.39 is 0 Å². The maximum atomic E-state index is 10.7. The van der Waals surface area contributed by atoms with Gasteiger partial charge in [0.25, 0.3) is 0 Å². The first-order valence-electron chi connectivity index (χ1n) is 8.36. The number of hydrogen-bond donors (Lipinski definition) is 1. The van der Waals surface area contributed by atoms with Crippen LogP contribution >= 0.6 is 11.6 Å². The molecule has 0 bridgehead atoms. The summed E-state index contributed by atoms with van der Waals surface area (Å²) in [6.07, 6.45) is 10.2. The van der Waals surface area contributed by atoms with Gasteiger partial charge in [-0.1, -0.05) is 43.7 Å². The SMILES string of the molecule is OC(Cc1cc(Cl)cc2c1OCC2)C1CCCCCCC1. The molecule has 21 heavy (non-hydrogen) atoms. The second-order valence-electron chi connectivity index (χ2n) is 6.53. The van der Waals surface area contributed by atoms with Crippen LogP contribution in [0.1, 0.15) is 56.1 Å². The van der Waals surface area contributed by atoms with E-state index in [2.05, 4.69) is 0 Å². The van der Waals surface area contributed by atoms with E-state index in [0.717, 1.165) is 42.2 Å². The Labute approximate surface area is 132 Å². The third kappa shape index (κ3) is 3.73. The molecule has 0 amide bonds. The van der Waals surface area contributed by atoms with E-state index in [0.29, 0.717) is 12.3 Å². The molecule has 1 heterocycles. The van der Waals surface area contributed by atoms with Crippen LogP contribution in [-0.2, 0) is 12.8 Å². The van der Waals surface area contributed by atoms with Crippen LogP contribution in [0.3, 0.4) is 0 Å². The van der Waals surface area contributed by atoms with Crippen molar-refractivity contribution in [2.45, 2.75) is 63.9 Å². The van der Waals surface area contributed by atoms with Gasteiger partial charge in [-0.05, 0) is 42.0 Å². The zero-order valence-corrected chi connectivity index (χ0v) is 13.4. The number of hydrogen-bond acceptors (Lipinski definition) is 2. The van der Waals surface area contributed by atoms with Gasteiger partial charge >= 0.3 is 0 Å².